The molecule has 3 heterocycles. The number of aromatic nitrogens is 2. The van der Waals surface area contributed by atoms with Gasteiger partial charge in [-0.2, -0.15) is 0 Å². The zero-order valence-electron chi connectivity index (χ0n) is 18.8. The van der Waals surface area contributed by atoms with Gasteiger partial charge in [0.25, 0.3) is 0 Å². The number of benzene rings is 2. The van der Waals surface area contributed by atoms with E-state index in [1.54, 1.807) is 30.6 Å². The van der Waals surface area contributed by atoms with Gasteiger partial charge in [0.1, 0.15) is 18.0 Å². The molecule has 7 nitrogen and oxygen atoms in total. The third-order valence-corrected chi connectivity index (χ3v) is 7.80. The fourth-order valence-electron chi connectivity index (χ4n) is 4.81. The highest BCUT2D eigenvalue weighted by atomic mass is 32.2. The van der Waals surface area contributed by atoms with Crippen molar-refractivity contribution in [2.45, 2.75) is 36.7 Å². The maximum absolute atomic E-state index is 11.7. The summed E-state index contributed by atoms with van der Waals surface area (Å²) < 4.78 is 23.3. The van der Waals surface area contributed by atoms with Crippen LogP contribution in [0.1, 0.15) is 24.0 Å². The Morgan fingerprint density at radius 3 is 2.39 bits per heavy atom. The Bertz CT molecular complexity index is 1220. The zero-order chi connectivity index (χ0) is 22.8. The molecule has 0 radical (unpaired) electrons. The van der Waals surface area contributed by atoms with Gasteiger partial charge >= 0.3 is 0 Å². The van der Waals surface area contributed by atoms with Gasteiger partial charge in [-0.25, -0.2) is 18.4 Å². The van der Waals surface area contributed by atoms with Gasteiger partial charge in [0.05, 0.1) is 4.90 Å². The van der Waals surface area contributed by atoms with E-state index in [2.05, 4.69) is 49.4 Å². The third-order valence-electron chi connectivity index (χ3n) is 6.67. The van der Waals surface area contributed by atoms with Crippen molar-refractivity contribution in [2.75, 3.05) is 36.1 Å². The van der Waals surface area contributed by atoms with E-state index in [4.69, 9.17) is 0 Å². The number of nitrogens with one attached hydrogen (secondary N) is 1. The van der Waals surface area contributed by atoms with E-state index in [1.165, 1.54) is 17.4 Å². The second kappa shape index (κ2) is 9.11. The lowest BCUT2D eigenvalue weighted by molar-refractivity contribution is 0.153. The molecular weight excluding hydrogens is 434 g/mol. The van der Waals surface area contributed by atoms with E-state index in [1.807, 2.05) is 6.07 Å². The summed E-state index contributed by atoms with van der Waals surface area (Å²) in [6.45, 7) is 4.15. The average Bonchev–Trinajstić information content (AvgIpc) is 2.84. The second-order valence-corrected chi connectivity index (χ2v) is 10.9. The number of rotatable bonds is 5. The molecule has 0 aliphatic carbocycles. The molecular formula is C25H29N5O2S. The highest BCUT2D eigenvalue weighted by Crippen LogP contribution is 2.27. The molecule has 2 aliphatic heterocycles. The van der Waals surface area contributed by atoms with Gasteiger partial charge in [-0.1, -0.05) is 24.3 Å². The summed E-state index contributed by atoms with van der Waals surface area (Å²) in [5, 5.41) is 3.25. The molecule has 0 unspecified atom stereocenters. The molecule has 3 aromatic rings. The van der Waals surface area contributed by atoms with Crippen LogP contribution in [0, 0.1) is 0 Å². The first-order valence-electron chi connectivity index (χ1n) is 11.4. The van der Waals surface area contributed by atoms with Gasteiger partial charge in [-0.05, 0) is 54.7 Å². The van der Waals surface area contributed by atoms with Crippen molar-refractivity contribution in [3.63, 3.8) is 0 Å². The maximum Gasteiger partial charge on any atom is 0.175 e. The Labute approximate surface area is 195 Å². The second-order valence-electron chi connectivity index (χ2n) is 8.89. The zero-order valence-corrected chi connectivity index (χ0v) is 19.6. The quantitative estimate of drug-likeness (QED) is 0.619. The first-order valence-corrected chi connectivity index (χ1v) is 13.3. The van der Waals surface area contributed by atoms with E-state index in [0.717, 1.165) is 56.9 Å². The van der Waals surface area contributed by atoms with Crippen molar-refractivity contribution < 1.29 is 8.42 Å². The van der Waals surface area contributed by atoms with Crippen LogP contribution in [-0.2, 0) is 22.8 Å². The van der Waals surface area contributed by atoms with Crippen LogP contribution in [0.5, 0.6) is 0 Å². The third kappa shape index (κ3) is 5.02. The van der Waals surface area contributed by atoms with Crippen LogP contribution in [0.25, 0.3) is 0 Å². The van der Waals surface area contributed by atoms with Crippen molar-refractivity contribution >= 4 is 27.2 Å². The van der Waals surface area contributed by atoms with E-state index < -0.39 is 9.84 Å². The summed E-state index contributed by atoms with van der Waals surface area (Å²) in [7, 11) is -3.20. The number of fused-ring (bicyclic) bond motifs is 1. The number of nitrogens with zero attached hydrogens (tertiary/aromatic N) is 4. The Balaban J connectivity index is 1.20. The lowest BCUT2D eigenvalue weighted by Gasteiger charge is -2.41. The molecule has 0 saturated carbocycles. The van der Waals surface area contributed by atoms with Crippen molar-refractivity contribution in [1.82, 2.24) is 14.9 Å². The summed E-state index contributed by atoms with van der Waals surface area (Å²) in [6.07, 6.45) is 6.18. The van der Waals surface area contributed by atoms with Gasteiger partial charge in [-0.3, -0.25) is 4.90 Å². The molecule has 2 aromatic carbocycles. The molecule has 33 heavy (non-hydrogen) atoms. The van der Waals surface area contributed by atoms with Crippen molar-refractivity contribution in [3.8, 4) is 0 Å². The molecule has 8 heteroatoms. The van der Waals surface area contributed by atoms with Gasteiger partial charge in [0.2, 0.25) is 0 Å². The molecule has 172 valence electrons. The van der Waals surface area contributed by atoms with Crippen molar-refractivity contribution in [2.24, 2.45) is 0 Å². The molecule has 1 aromatic heterocycles. The highest BCUT2D eigenvalue weighted by molar-refractivity contribution is 7.90. The first-order chi connectivity index (χ1) is 16.0. The molecule has 5 rings (SSSR count). The summed E-state index contributed by atoms with van der Waals surface area (Å²) >= 11 is 0. The van der Waals surface area contributed by atoms with Crippen LogP contribution < -0.4 is 10.2 Å². The molecule has 0 atom stereocenters. The van der Waals surface area contributed by atoms with Crippen LogP contribution >= 0.6 is 0 Å². The SMILES string of the molecule is CS(=O)(=O)c1ccc(Nc2cc(N3CCC(N4CCc5ccccc5C4)CC3)ncn2)cc1. The number of hydrogen-bond acceptors (Lipinski definition) is 7. The molecule has 0 spiro atoms. The van der Waals surface area contributed by atoms with Gasteiger partial charge in [-0.15, -0.1) is 0 Å². The lowest BCUT2D eigenvalue weighted by atomic mass is 9.95. The number of piperidine rings is 1. The Morgan fingerprint density at radius 2 is 1.67 bits per heavy atom. The minimum atomic E-state index is -3.20. The van der Waals surface area contributed by atoms with Gasteiger partial charge in [0.15, 0.2) is 9.84 Å². The van der Waals surface area contributed by atoms with Crippen LogP contribution in [0.3, 0.4) is 0 Å². The van der Waals surface area contributed by atoms with Gasteiger partial charge in [0, 0.05) is 50.2 Å². The van der Waals surface area contributed by atoms with E-state index in [0.29, 0.717) is 16.8 Å². The Morgan fingerprint density at radius 1 is 0.939 bits per heavy atom. The number of sulfone groups is 1. The number of anilines is 3. The topological polar surface area (TPSA) is 78.4 Å². The highest BCUT2D eigenvalue weighted by Gasteiger charge is 2.27. The molecule has 2 aliphatic rings. The summed E-state index contributed by atoms with van der Waals surface area (Å²) in [4.78, 5) is 14.1. The predicted octanol–water partition coefficient (Wildman–Crippen LogP) is 3.65. The monoisotopic (exact) mass is 463 g/mol. The van der Waals surface area contributed by atoms with Gasteiger partial charge < -0.3 is 10.2 Å². The fourth-order valence-corrected chi connectivity index (χ4v) is 5.44. The van der Waals surface area contributed by atoms with Crippen molar-refractivity contribution in [1.29, 1.82) is 0 Å². The first kappa shape index (κ1) is 21.9. The lowest BCUT2D eigenvalue weighted by Crippen LogP contribution is -2.46. The molecule has 1 N–H and O–H groups in total. The smallest absolute Gasteiger partial charge is 0.175 e. The van der Waals surface area contributed by atoms with E-state index >= 15 is 0 Å². The van der Waals surface area contributed by atoms with Crippen LogP contribution in [-0.4, -0.2) is 55.2 Å². The van der Waals surface area contributed by atoms with Crippen molar-refractivity contribution in [3.05, 3.63) is 72.1 Å². The largest absolute Gasteiger partial charge is 0.356 e. The van der Waals surface area contributed by atoms with E-state index in [9.17, 15) is 8.42 Å². The van der Waals surface area contributed by atoms with E-state index in [-0.39, 0.29) is 0 Å². The molecule has 1 saturated heterocycles. The summed E-state index contributed by atoms with van der Waals surface area (Å²) in [6, 6.07) is 18.1. The Hall–Kier alpha value is -2.97. The number of hydrogen-bond donors (Lipinski definition) is 1. The molecule has 0 bridgehead atoms. The molecule has 0 amide bonds. The minimum absolute atomic E-state index is 0.302. The average molecular weight is 464 g/mol. The maximum atomic E-state index is 11.7. The standard InChI is InChI=1S/C25H29N5O2S/c1-33(31,32)23-8-6-21(7-9-23)28-24-16-25(27-18-26-24)29-14-11-22(12-15-29)30-13-10-19-4-2-3-5-20(19)17-30/h2-9,16,18,22H,10-15,17H2,1H3,(H,26,27,28). The van der Waals surface area contributed by atoms with Crippen LogP contribution in [0.4, 0.5) is 17.3 Å². The predicted molar refractivity (Wildman–Crippen MR) is 131 cm³/mol. The Kier molecular flexibility index (Phi) is 6.03. The van der Waals surface area contributed by atoms with Crippen LogP contribution in [0.15, 0.2) is 65.8 Å². The minimum Gasteiger partial charge on any atom is -0.356 e. The summed E-state index contributed by atoms with van der Waals surface area (Å²) in [5.74, 6) is 1.62. The normalized spacial score (nSPS) is 17.5. The summed E-state index contributed by atoms with van der Waals surface area (Å²) in [5.41, 5.74) is 3.76. The molecule has 1 fully saturated rings. The van der Waals surface area contributed by atoms with Crippen LogP contribution in [0.2, 0.25) is 0 Å². The fraction of sp³-hybridized carbons (Fsp3) is 0.360.